The minimum Gasteiger partial charge on any atom is -0.326 e. The number of nitrogens with one attached hydrogen (secondary N) is 1. The maximum atomic E-state index is 12.4. The van der Waals surface area contributed by atoms with E-state index in [0.29, 0.717) is 5.69 Å². The molecule has 0 atom stereocenters. The van der Waals surface area contributed by atoms with Crippen molar-refractivity contribution in [2.75, 3.05) is 11.1 Å². The zero-order valence-corrected chi connectivity index (χ0v) is 12.5. The standard InChI is InChI=1S/C14H14F3N3OS/c1-2-20-8-7-18-13(20)22-9-12(21)19-11-5-3-10(4-6-11)14(15,16)17/h3-8H,2,9H2,1H3,(H,19,21). The van der Waals surface area contributed by atoms with Crippen LogP contribution in [0.1, 0.15) is 12.5 Å². The average Bonchev–Trinajstić information content (AvgIpc) is 2.92. The number of aromatic nitrogens is 2. The number of carbonyl (C=O) groups excluding carboxylic acids is 1. The first kappa shape index (κ1) is 16.4. The van der Waals surface area contributed by atoms with Crippen molar-refractivity contribution in [3.8, 4) is 0 Å². The number of halogens is 3. The van der Waals surface area contributed by atoms with Crippen LogP contribution in [-0.2, 0) is 17.5 Å². The predicted molar refractivity (Wildman–Crippen MR) is 78.7 cm³/mol. The Kier molecular flexibility index (Phi) is 5.12. The second-order valence-corrected chi connectivity index (χ2v) is 5.35. The number of amides is 1. The second-order valence-electron chi connectivity index (χ2n) is 4.41. The highest BCUT2D eigenvalue weighted by molar-refractivity contribution is 7.99. The minimum atomic E-state index is -4.38. The van der Waals surface area contributed by atoms with Gasteiger partial charge < -0.3 is 9.88 Å². The molecule has 1 N–H and O–H groups in total. The van der Waals surface area contributed by atoms with E-state index in [2.05, 4.69) is 10.3 Å². The molecule has 4 nitrogen and oxygen atoms in total. The van der Waals surface area contributed by atoms with Gasteiger partial charge in [-0.2, -0.15) is 13.2 Å². The number of hydrogen-bond acceptors (Lipinski definition) is 3. The van der Waals surface area contributed by atoms with Gasteiger partial charge >= 0.3 is 6.18 Å². The summed E-state index contributed by atoms with van der Waals surface area (Å²) in [7, 11) is 0. The molecule has 1 heterocycles. The molecule has 1 amide bonds. The molecule has 1 aromatic carbocycles. The highest BCUT2D eigenvalue weighted by Crippen LogP contribution is 2.29. The third-order valence-electron chi connectivity index (χ3n) is 2.85. The van der Waals surface area contributed by atoms with Gasteiger partial charge in [0.1, 0.15) is 0 Å². The van der Waals surface area contributed by atoms with Crippen molar-refractivity contribution in [1.29, 1.82) is 0 Å². The number of aryl methyl sites for hydroxylation is 1. The summed E-state index contributed by atoms with van der Waals surface area (Å²) in [5, 5.41) is 3.28. The fourth-order valence-electron chi connectivity index (χ4n) is 1.75. The van der Waals surface area contributed by atoms with Gasteiger partial charge in [0.2, 0.25) is 5.91 Å². The predicted octanol–water partition coefficient (Wildman–Crippen LogP) is 3.65. The summed E-state index contributed by atoms with van der Waals surface area (Å²) in [5.41, 5.74) is -0.415. The lowest BCUT2D eigenvalue weighted by atomic mass is 10.2. The van der Waals surface area contributed by atoms with Crippen LogP contribution in [0.2, 0.25) is 0 Å². The molecule has 0 aliphatic rings. The van der Waals surface area contributed by atoms with Crippen molar-refractivity contribution >= 4 is 23.4 Å². The summed E-state index contributed by atoms with van der Waals surface area (Å²) in [6.45, 7) is 2.72. The van der Waals surface area contributed by atoms with Gasteiger partial charge in [-0.1, -0.05) is 11.8 Å². The summed E-state index contributed by atoms with van der Waals surface area (Å²) in [6, 6.07) is 4.34. The van der Waals surface area contributed by atoms with Crippen LogP contribution in [0.5, 0.6) is 0 Å². The molecule has 0 spiro atoms. The van der Waals surface area contributed by atoms with Crippen LogP contribution in [0.3, 0.4) is 0 Å². The average molecular weight is 329 g/mol. The summed E-state index contributed by atoms with van der Waals surface area (Å²) in [6.07, 6.45) is -0.911. The van der Waals surface area contributed by atoms with E-state index < -0.39 is 11.7 Å². The smallest absolute Gasteiger partial charge is 0.326 e. The van der Waals surface area contributed by atoms with Gasteiger partial charge in [-0.15, -0.1) is 0 Å². The van der Waals surface area contributed by atoms with Crippen LogP contribution in [0, 0.1) is 0 Å². The maximum Gasteiger partial charge on any atom is 0.416 e. The maximum absolute atomic E-state index is 12.4. The molecule has 0 radical (unpaired) electrons. The monoisotopic (exact) mass is 329 g/mol. The van der Waals surface area contributed by atoms with Crippen LogP contribution in [-0.4, -0.2) is 21.2 Å². The van der Waals surface area contributed by atoms with Crippen LogP contribution in [0.25, 0.3) is 0 Å². The van der Waals surface area contributed by atoms with E-state index in [-0.39, 0.29) is 11.7 Å². The fourth-order valence-corrected chi connectivity index (χ4v) is 2.57. The van der Waals surface area contributed by atoms with Crippen LogP contribution in [0.4, 0.5) is 18.9 Å². The third-order valence-corrected chi connectivity index (χ3v) is 3.85. The van der Waals surface area contributed by atoms with Gasteiger partial charge in [0, 0.05) is 24.6 Å². The van der Waals surface area contributed by atoms with E-state index >= 15 is 0 Å². The number of nitrogens with zero attached hydrogens (tertiary/aromatic N) is 2. The zero-order valence-electron chi connectivity index (χ0n) is 11.7. The molecule has 0 bridgehead atoms. The fraction of sp³-hybridized carbons (Fsp3) is 0.286. The van der Waals surface area contributed by atoms with Crippen LogP contribution in [0.15, 0.2) is 41.8 Å². The molecule has 1 aromatic heterocycles. The Morgan fingerprint density at radius 2 is 2.00 bits per heavy atom. The zero-order chi connectivity index (χ0) is 16.2. The summed E-state index contributed by atoms with van der Waals surface area (Å²) in [5.74, 6) is -0.159. The minimum absolute atomic E-state index is 0.137. The van der Waals surface area contributed by atoms with E-state index in [1.54, 1.807) is 6.20 Å². The molecular weight excluding hydrogens is 315 g/mol. The highest BCUT2D eigenvalue weighted by Gasteiger charge is 2.29. The van der Waals surface area contributed by atoms with Crippen molar-refractivity contribution in [2.45, 2.75) is 24.8 Å². The Morgan fingerprint density at radius 3 is 2.59 bits per heavy atom. The molecule has 0 fully saturated rings. The lowest BCUT2D eigenvalue weighted by Crippen LogP contribution is -2.15. The number of rotatable bonds is 5. The summed E-state index contributed by atoms with van der Waals surface area (Å²) in [4.78, 5) is 15.9. The number of carbonyl (C=O) groups is 1. The van der Waals surface area contributed by atoms with Crippen LogP contribution >= 0.6 is 11.8 Å². The molecule has 0 aliphatic heterocycles. The Morgan fingerprint density at radius 1 is 1.32 bits per heavy atom. The lowest BCUT2D eigenvalue weighted by Gasteiger charge is -2.09. The van der Waals surface area contributed by atoms with Gasteiger partial charge in [0.05, 0.1) is 11.3 Å². The van der Waals surface area contributed by atoms with E-state index in [9.17, 15) is 18.0 Å². The number of imidazole rings is 1. The highest BCUT2D eigenvalue weighted by atomic mass is 32.2. The van der Waals surface area contributed by atoms with Gasteiger partial charge in [-0.3, -0.25) is 4.79 Å². The second kappa shape index (κ2) is 6.87. The quantitative estimate of drug-likeness (QED) is 0.852. The summed E-state index contributed by atoms with van der Waals surface area (Å²) < 4.78 is 39.2. The first-order valence-corrected chi connectivity index (χ1v) is 7.49. The molecule has 0 saturated carbocycles. The number of alkyl halides is 3. The molecule has 0 saturated heterocycles. The SMILES string of the molecule is CCn1ccnc1SCC(=O)Nc1ccc(C(F)(F)F)cc1. The van der Waals surface area contributed by atoms with Crippen molar-refractivity contribution in [3.05, 3.63) is 42.2 Å². The van der Waals surface area contributed by atoms with Crippen molar-refractivity contribution in [3.63, 3.8) is 0 Å². The Labute approximate surface area is 129 Å². The molecule has 22 heavy (non-hydrogen) atoms. The largest absolute Gasteiger partial charge is 0.416 e. The van der Waals surface area contributed by atoms with Crippen molar-refractivity contribution in [2.24, 2.45) is 0 Å². The molecule has 8 heteroatoms. The summed E-state index contributed by atoms with van der Waals surface area (Å²) >= 11 is 1.27. The molecule has 2 rings (SSSR count). The first-order valence-electron chi connectivity index (χ1n) is 6.51. The third kappa shape index (κ3) is 4.27. The topological polar surface area (TPSA) is 46.9 Å². The Hall–Kier alpha value is -1.96. The molecule has 0 unspecified atom stereocenters. The normalized spacial score (nSPS) is 11.5. The van der Waals surface area contributed by atoms with Gasteiger partial charge in [-0.25, -0.2) is 4.98 Å². The van der Waals surface area contributed by atoms with E-state index in [0.717, 1.165) is 23.8 Å². The van der Waals surface area contributed by atoms with E-state index in [1.807, 2.05) is 17.7 Å². The number of thioether (sulfide) groups is 1. The molecule has 118 valence electrons. The number of benzene rings is 1. The van der Waals surface area contributed by atoms with E-state index in [4.69, 9.17) is 0 Å². The molecule has 0 aliphatic carbocycles. The first-order chi connectivity index (χ1) is 10.4. The molecule has 2 aromatic rings. The lowest BCUT2D eigenvalue weighted by molar-refractivity contribution is -0.137. The van der Waals surface area contributed by atoms with Crippen molar-refractivity contribution in [1.82, 2.24) is 9.55 Å². The van der Waals surface area contributed by atoms with Gasteiger partial charge in [-0.05, 0) is 31.2 Å². The van der Waals surface area contributed by atoms with Gasteiger partial charge in [0.25, 0.3) is 0 Å². The number of anilines is 1. The number of hydrogen-bond donors (Lipinski definition) is 1. The Balaban J connectivity index is 1.89. The van der Waals surface area contributed by atoms with Gasteiger partial charge in [0.15, 0.2) is 5.16 Å². The van der Waals surface area contributed by atoms with Crippen molar-refractivity contribution < 1.29 is 18.0 Å². The Bertz CT molecular complexity index is 638. The van der Waals surface area contributed by atoms with Crippen LogP contribution < -0.4 is 5.32 Å². The molecular formula is C14H14F3N3OS. The van der Waals surface area contributed by atoms with E-state index in [1.165, 1.54) is 23.9 Å².